The summed E-state index contributed by atoms with van der Waals surface area (Å²) in [6, 6.07) is 20.5. The van der Waals surface area contributed by atoms with Crippen LogP contribution in [0.1, 0.15) is 51.3 Å². The maximum Gasteiger partial charge on any atom is 0.412 e. The van der Waals surface area contributed by atoms with Gasteiger partial charge in [0.15, 0.2) is 11.5 Å². The summed E-state index contributed by atoms with van der Waals surface area (Å²) in [5.74, 6) is 0.316. The van der Waals surface area contributed by atoms with E-state index in [1.807, 2.05) is 56.3 Å². The molecule has 3 aromatic carbocycles. The van der Waals surface area contributed by atoms with Crippen molar-refractivity contribution in [2.24, 2.45) is 0 Å². The maximum absolute atomic E-state index is 13.2. The molecule has 11 heteroatoms. The number of carboxylic acids is 1. The van der Waals surface area contributed by atoms with E-state index in [9.17, 15) is 19.5 Å². The summed E-state index contributed by atoms with van der Waals surface area (Å²) in [5, 5.41) is 12.0. The van der Waals surface area contributed by atoms with Crippen LogP contribution in [0.15, 0.2) is 72.8 Å². The van der Waals surface area contributed by atoms with Crippen LogP contribution < -0.4 is 14.8 Å². The second-order valence-electron chi connectivity index (χ2n) is 12.5. The number of amides is 2. The number of methoxy groups -OCH3 is 1. The first-order chi connectivity index (χ1) is 21.7. The second-order valence-corrected chi connectivity index (χ2v) is 12.5. The van der Waals surface area contributed by atoms with Crippen molar-refractivity contribution in [2.75, 3.05) is 13.7 Å². The molecular formula is C35H42N2O9. The van der Waals surface area contributed by atoms with Crippen molar-refractivity contribution in [1.29, 1.82) is 0 Å². The fourth-order valence-corrected chi connectivity index (χ4v) is 5.10. The summed E-state index contributed by atoms with van der Waals surface area (Å²) in [5.41, 5.74) is 0.888. The molecule has 46 heavy (non-hydrogen) atoms. The normalized spacial score (nSPS) is 16.3. The fraction of sp³-hybridized carbons (Fsp3) is 0.400. The molecule has 0 aliphatic carbocycles. The standard InChI is InChI=1S/C35H42N2O9/c1-34(2,3)46-32(40)36-28(31(38)39)19-23-12-15-27(16-13-23)45-30-20-25(14-17-29(30)42-6)18-26-22-44-35(4,5)37(26)33(41)43-21-24-10-8-7-9-11-24/h7-17,20,26,28H,18-19,21-22H2,1-6H3,(H,36,40)(H,38,39)/t26-,28-/m0/s1. The van der Waals surface area contributed by atoms with Crippen LogP contribution in [-0.2, 0) is 38.5 Å². The Labute approximate surface area is 269 Å². The molecule has 2 atom stereocenters. The largest absolute Gasteiger partial charge is 0.493 e. The number of carbonyl (C=O) groups excluding carboxylic acids is 2. The van der Waals surface area contributed by atoms with Crippen LogP contribution in [0.5, 0.6) is 17.2 Å². The predicted octanol–water partition coefficient (Wildman–Crippen LogP) is 6.32. The number of hydrogen-bond acceptors (Lipinski definition) is 8. The molecule has 0 bridgehead atoms. The zero-order valence-electron chi connectivity index (χ0n) is 27.1. The lowest BCUT2D eigenvalue weighted by atomic mass is 10.0. The molecular weight excluding hydrogens is 592 g/mol. The van der Waals surface area contributed by atoms with Crippen molar-refractivity contribution in [2.45, 2.75) is 77.5 Å². The van der Waals surface area contributed by atoms with E-state index < -0.39 is 35.5 Å². The van der Waals surface area contributed by atoms with Gasteiger partial charge in [0, 0.05) is 6.42 Å². The van der Waals surface area contributed by atoms with Gasteiger partial charge in [0.05, 0.1) is 19.8 Å². The number of rotatable bonds is 11. The number of ether oxygens (including phenoxy) is 5. The molecule has 0 spiro atoms. The average Bonchev–Trinajstić information content (AvgIpc) is 3.29. The van der Waals surface area contributed by atoms with Crippen LogP contribution in [0.2, 0.25) is 0 Å². The van der Waals surface area contributed by atoms with Gasteiger partial charge < -0.3 is 34.1 Å². The molecule has 11 nitrogen and oxygen atoms in total. The zero-order chi connectivity index (χ0) is 33.5. The SMILES string of the molecule is COc1ccc(C[C@H]2COC(C)(C)N2C(=O)OCc2ccccc2)cc1Oc1ccc(C[C@H](NC(=O)OC(C)(C)C)C(=O)O)cc1. The third kappa shape index (κ3) is 9.37. The van der Waals surface area contributed by atoms with E-state index in [-0.39, 0.29) is 19.1 Å². The Balaban J connectivity index is 1.42. The lowest BCUT2D eigenvalue weighted by Crippen LogP contribution is -2.48. The topological polar surface area (TPSA) is 133 Å². The molecule has 1 saturated heterocycles. The van der Waals surface area contributed by atoms with Gasteiger partial charge in [-0.3, -0.25) is 4.90 Å². The molecule has 1 fully saturated rings. The summed E-state index contributed by atoms with van der Waals surface area (Å²) in [7, 11) is 1.55. The second kappa shape index (κ2) is 14.6. The lowest BCUT2D eigenvalue weighted by molar-refractivity contribution is -0.139. The van der Waals surface area contributed by atoms with Gasteiger partial charge in [-0.15, -0.1) is 0 Å². The zero-order valence-corrected chi connectivity index (χ0v) is 27.1. The molecule has 3 aromatic rings. The summed E-state index contributed by atoms with van der Waals surface area (Å²) in [6.07, 6.45) is -0.707. The van der Waals surface area contributed by atoms with Gasteiger partial charge in [-0.2, -0.15) is 0 Å². The highest BCUT2D eigenvalue weighted by Gasteiger charge is 2.44. The highest BCUT2D eigenvalue weighted by atomic mass is 16.6. The molecule has 0 radical (unpaired) electrons. The summed E-state index contributed by atoms with van der Waals surface area (Å²) in [6.45, 7) is 9.30. The minimum Gasteiger partial charge on any atom is -0.493 e. The van der Waals surface area contributed by atoms with E-state index in [1.165, 1.54) is 0 Å². The van der Waals surface area contributed by atoms with E-state index in [0.29, 0.717) is 35.8 Å². The number of aliphatic carboxylic acids is 1. The van der Waals surface area contributed by atoms with Crippen molar-refractivity contribution >= 4 is 18.2 Å². The first-order valence-electron chi connectivity index (χ1n) is 15.0. The highest BCUT2D eigenvalue weighted by Crippen LogP contribution is 2.35. The van der Waals surface area contributed by atoms with Crippen LogP contribution >= 0.6 is 0 Å². The minimum absolute atomic E-state index is 0.0533. The third-order valence-corrected chi connectivity index (χ3v) is 7.26. The molecule has 2 N–H and O–H groups in total. The van der Waals surface area contributed by atoms with E-state index >= 15 is 0 Å². The Bertz CT molecular complexity index is 1500. The van der Waals surface area contributed by atoms with E-state index in [0.717, 1.165) is 11.1 Å². The Morgan fingerprint density at radius 3 is 2.28 bits per heavy atom. The number of nitrogens with zero attached hydrogens (tertiary/aromatic N) is 1. The first kappa shape index (κ1) is 34.1. The van der Waals surface area contributed by atoms with Crippen LogP contribution in [0, 0.1) is 0 Å². The Morgan fingerprint density at radius 2 is 1.65 bits per heavy atom. The van der Waals surface area contributed by atoms with E-state index in [1.54, 1.807) is 63.1 Å². The number of nitrogens with one attached hydrogen (secondary N) is 1. The maximum atomic E-state index is 13.2. The van der Waals surface area contributed by atoms with Gasteiger partial charge in [-0.1, -0.05) is 48.5 Å². The predicted molar refractivity (Wildman–Crippen MR) is 170 cm³/mol. The number of benzene rings is 3. The number of alkyl carbamates (subject to hydrolysis) is 1. The lowest BCUT2D eigenvalue weighted by Gasteiger charge is -2.32. The number of carbonyl (C=O) groups is 3. The third-order valence-electron chi connectivity index (χ3n) is 7.26. The van der Waals surface area contributed by atoms with Crippen molar-refractivity contribution in [3.8, 4) is 17.2 Å². The summed E-state index contributed by atoms with van der Waals surface area (Å²) < 4.78 is 28.5. The highest BCUT2D eigenvalue weighted by molar-refractivity contribution is 5.80. The first-order valence-corrected chi connectivity index (χ1v) is 15.0. The van der Waals surface area contributed by atoms with Crippen molar-refractivity contribution in [1.82, 2.24) is 10.2 Å². The molecule has 0 saturated carbocycles. The van der Waals surface area contributed by atoms with Gasteiger partial charge in [-0.25, -0.2) is 14.4 Å². The van der Waals surface area contributed by atoms with Gasteiger partial charge in [-0.05, 0) is 82.0 Å². The Kier molecular flexibility index (Phi) is 10.8. The Morgan fingerprint density at radius 1 is 0.978 bits per heavy atom. The molecule has 1 aliphatic heterocycles. The van der Waals surface area contributed by atoms with Crippen molar-refractivity contribution in [3.63, 3.8) is 0 Å². The van der Waals surface area contributed by atoms with Gasteiger partial charge in [0.2, 0.25) is 0 Å². The number of carboxylic acid groups (broad SMARTS) is 1. The van der Waals surface area contributed by atoms with Crippen molar-refractivity contribution in [3.05, 3.63) is 89.5 Å². The van der Waals surface area contributed by atoms with E-state index in [2.05, 4.69) is 5.32 Å². The van der Waals surface area contributed by atoms with Gasteiger partial charge in [0.1, 0.15) is 29.7 Å². The molecule has 2 amide bonds. The summed E-state index contributed by atoms with van der Waals surface area (Å²) in [4.78, 5) is 38.7. The number of hydrogen-bond donors (Lipinski definition) is 2. The fourth-order valence-electron chi connectivity index (χ4n) is 5.10. The molecule has 4 rings (SSSR count). The molecule has 0 aromatic heterocycles. The summed E-state index contributed by atoms with van der Waals surface area (Å²) >= 11 is 0. The van der Waals surface area contributed by atoms with Gasteiger partial charge in [0.25, 0.3) is 0 Å². The van der Waals surface area contributed by atoms with Crippen LogP contribution in [0.25, 0.3) is 0 Å². The van der Waals surface area contributed by atoms with E-state index in [4.69, 9.17) is 23.7 Å². The molecule has 246 valence electrons. The minimum atomic E-state index is -1.17. The Hall–Kier alpha value is -4.77. The monoisotopic (exact) mass is 634 g/mol. The van der Waals surface area contributed by atoms with Crippen molar-refractivity contribution < 1.29 is 43.2 Å². The molecule has 1 aliphatic rings. The van der Waals surface area contributed by atoms with Crippen LogP contribution in [0.4, 0.5) is 9.59 Å². The molecule has 1 heterocycles. The average molecular weight is 635 g/mol. The van der Waals surface area contributed by atoms with Crippen LogP contribution in [0.3, 0.4) is 0 Å². The van der Waals surface area contributed by atoms with Gasteiger partial charge >= 0.3 is 18.2 Å². The van der Waals surface area contributed by atoms with Crippen LogP contribution in [-0.4, -0.2) is 65.3 Å². The smallest absolute Gasteiger partial charge is 0.412 e. The molecule has 0 unspecified atom stereocenters. The quantitative estimate of drug-likeness (QED) is 0.248.